The van der Waals surface area contributed by atoms with Gasteiger partial charge in [-0.15, -0.1) is 0 Å². The Morgan fingerprint density at radius 3 is 3.00 bits per heavy atom. The van der Waals surface area contributed by atoms with E-state index in [2.05, 4.69) is 4.98 Å². The molecule has 6 heteroatoms. The van der Waals surface area contributed by atoms with Gasteiger partial charge in [0.25, 0.3) is 0 Å². The number of aliphatic carboxylic acids is 1. The molecule has 1 aromatic heterocycles. The van der Waals surface area contributed by atoms with E-state index in [-0.39, 0.29) is 0 Å². The number of fused-ring (bicyclic) bond motifs is 1. The van der Waals surface area contributed by atoms with Crippen molar-refractivity contribution < 1.29 is 19.4 Å². The van der Waals surface area contributed by atoms with Crippen LogP contribution in [-0.2, 0) is 15.1 Å². The zero-order valence-corrected chi connectivity index (χ0v) is 11.4. The number of carbonyl (C=O) groups is 2. The molecule has 2 aliphatic rings. The molecular weight excluding hydrogens is 260 g/mol. The van der Waals surface area contributed by atoms with E-state index in [0.717, 1.165) is 12.0 Å². The summed E-state index contributed by atoms with van der Waals surface area (Å²) in [6.07, 6.45) is 2.95. The van der Waals surface area contributed by atoms with E-state index >= 15 is 0 Å². The Morgan fingerprint density at radius 1 is 1.55 bits per heavy atom. The molecule has 1 atom stereocenters. The topological polar surface area (TPSA) is 79.7 Å². The number of pyridine rings is 1. The molecule has 1 aromatic rings. The molecule has 1 N–H and O–H groups in total. The summed E-state index contributed by atoms with van der Waals surface area (Å²) in [5, 5.41) is 9.28. The fraction of sp³-hybridized carbons (Fsp3) is 0.500. The van der Waals surface area contributed by atoms with Crippen LogP contribution < -0.4 is 4.90 Å². The molecule has 0 bridgehead atoms. The Bertz CT molecular complexity index is 597. The molecule has 2 aliphatic heterocycles. The number of hydrogen-bond donors (Lipinski definition) is 1. The molecule has 3 heterocycles. The van der Waals surface area contributed by atoms with Crippen molar-refractivity contribution in [3.63, 3.8) is 0 Å². The van der Waals surface area contributed by atoms with E-state index in [9.17, 15) is 14.7 Å². The number of ether oxygens (including phenoxy) is 1. The van der Waals surface area contributed by atoms with Crippen LogP contribution in [0.15, 0.2) is 12.3 Å². The van der Waals surface area contributed by atoms with Gasteiger partial charge in [-0.25, -0.2) is 14.6 Å². The smallest absolute Gasteiger partial charge is 0.343 e. The van der Waals surface area contributed by atoms with E-state index in [4.69, 9.17) is 4.74 Å². The van der Waals surface area contributed by atoms with Crippen LogP contribution in [0.5, 0.6) is 0 Å². The summed E-state index contributed by atoms with van der Waals surface area (Å²) in [5.74, 6) is -0.875. The van der Waals surface area contributed by atoms with Gasteiger partial charge in [0.15, 0.2) is 0 Å². The van der Waals surface area contributed by atoms with Gasteiger partial charge in [0.2, 0.25) is 0 Å². The van der Waals surface area contributed by atoms with E-state index in [1.807, 2.05) is 13.8 Å². The maximum atomic E-state index is 12.1. The molecule has 0 aromatic carbocycles. The van der Waals surface area contributed by atoms with Crippen molar-refractivity contribution in [3.05, 3.63) is 23.4 Å². The first-order chi connectivity index (χ1) is 9.42. The van der Waals surface area contributed by atoms with E-state index in [1.165, 1.54) is 0 Å². The fourth-order valence-electron chi connectivity index (χ4n) is 2.99. The molecule has 0 radical (unpaired) electrons. The van der Waals surface area contributed by atoms with Gasteiger partial charge in [-0.3, -0.25) is 0 Å². The average Bonchev–Trinajstić information content (AvgIpc) is 2.93. The van der Waals surface area contributed by atoms with Crippen molar-refractivity contribution in [2.75, 3.05) is 11.4 Å². The van der Waals surface area contributed by atoms with Crippen LogP contribution in [0.4, 0.5) is 5.82 Å². The molecule has 1 fully saturated rings. The van der Waals surface area contributed by atoms with Crippen LogP contribution in [0.2, 0.25) is 0 Å². The minimum atomic E-state index is -0.882. The summed E-state index contributed by atoms with van der Waals surface area (Å²) < 4.78 is 5.36. The van der Waals surface area contributed by atoms with Crippen LogP contribution in [-0.4, -0.2) is 34.6 Å². The van der Waals surface area contributed by atoms with Crippen molar-refractivity contribution in [1.29, 1.82) is 0 Å². The van der Waals surface area contributed by atoms with Crippen molar-refractivity contribution in [2.24, 2.45) is 0 Å². The first-order valence-electron chi connectivity index (χ1n) is 6.64. The first kappa shape index (κ1) is 12.9. The summed E-state index contributed by atoms with van der Waals surface area (Å²) in [7, 11) is 0. The van der Waals surface area contributed by atoms with Crippen LogP contribution in [0, 0.1) is 0 Å². The standard InChI is InChI=1S/C14H16N2O4/c1-14(2)8-5-6-15-11(10(8)13(19)20-14)16-7-3-4-9(16)12(17)18/h5-6,9H,3-4,7H2,1-2H3,(H,17,18)/t9-/m1/s1. The Labute approximate surface area is 116 Å². The number of hydrogen-bond acceptors (Lipinski definition) is 5. The molecule has 3 rings (SSSR count). The van der Waals surface area contributed by atoms with E-state index in [0.29, 0.717) is 24.3 Å². The van der Waals surface area contributed by atoms with E-state index < -0.39 is 23.6 Å². The third kappa shape index (κ3) is 1.75. The van der Waals surface area contributed by atoms with Crippen LogP contribution in [0.1, 0.15) is 42.6 Å². The molecule has 0 spiro atoms. The molecular formula is C14H16N2O4. The SMILES string of the molecule is CC1(C)OC(=O)c2c1ccnc2N1CCC[C@@H]1C(=O)O. The molecule has 1 saturated heterocycles. The predicted octanol–water partition coefficient (Wildman–Crippen LogP) is 1.54. The highest BCUT2D eigenvalue weighted by atomic mass is 16.6. The Morgan fingerprint density at radius 2 is 2.30 bits per heavy atom. The van der Waals surface area contributed by atoms with Crippen LogP contribution in [0.25, 0.3) is 0 Å². The average molecular weight is 276 g/mol. The zero-order valence-electron chi connectivity index (χ0n) is 11.4. The lowest BCUT2D eigenvalue weighted by Crippen LogP contribution is -2.37. The second-order valence-electron chi connectivity index (χ2n) is 5.65. The van der Waals surface area contributed by atoms with Gasteiger partial charge in [-0.05, 0) is 32.8 Å². The summed E-state index contributed by atoms with van der Waals surface area (Å²) >= 11 is 0. The molecule has 0 saturated carbocycles. The molecule has 20 heavy (non-hydrogen) atoms. The highest BCUT2D eigenvalue weighted by Gasteiger charge is 2.43. The van der Waals surface area contributed by atoms with Gasteiger partial charge < -0.3 is 14.7 Å². The minimum Gasteiger partial charge on any atom is -0.480 e. The summed E-state index contributed by atoms with van der Waals surface area (Å²) in [5.41, 5.74) is 0.483. The predicted molar refractivity (Wildman–Crippen MR) is 70.7 cm³/mol. The third-order valence-electron chi connectivity index (χ3n) is 3.94. The number of esters is 1. The Balaban J connectivity index is 2.11. The highest BCUT2D eigenvalue weighted by Crippen LogP contribution is 2.40. The maximum Gasteiger partial charge on any atom is 0.343 e. The van der Waals surface area contributed by atoms with Gasteiger partial charge in [-0.1, -0.05) is 0 Å². The largest absolute Gasteiger partial charge is 0.480 e. The fourth-order valence-corrected chi connectivity index (χ4v) is 2.99. The number of rotatable bonds is 2. The number of carbonyl (C=O) groups excluding carboxylic acids is 1. The van der Waals surface area contributed by atoms with Crippen molar-refractivity contribution >= 4 is 17.8 Å². The van der Waals surface area contributed by atoms with Crippen molar-refractivity contribution in [3.8, 4) is 0 Å². The number of anilines is 1. The normalized spacial score (nSPS) is 23.6. The van der Waals surface area contributed by atoms with Gasteiger partial charge in [0.1, 0.15) is 23.0 Å². The van der Waals surface area contributed by atoms with Crippen LogP contribution >= 0.6 is 0 Å². The maximum absolute atomic E-state index is 12.1. The van der Waals surface area contributed by atoms with Crippen LogP contribution in [0.3, 0.4) is 0 Å². The summed E-state index contributed by atoms with van der Waals surface area (Å²) in [4.78, 5) is 29.3. The molecule has 106 valence electrons. The third-order valence-corrected chi connectivity index (χ3v) is 3.94. The van der Waals surface area contributed by atoms with Gasteiger partial charge in [-0.2, -0.15) is 0 Å². The zero-order chi connectivity index (χ0) is 14.5. The number of carboxylic acids is 1. The summed E-state index contributed by atoms with van der Waals surface area (Å²) in [6, 6.07) is 1.14. The first-order valence-corrected chi connectivity index (χ1v) is 6.64. The van der Waals surface area contributed by atoms with Gasteiger partial charge in [0, 0.05) is 18.3 Å². The van der Waals surface area contributed by atoms with E-state index in [1.54, 1.807) is 17.2 Å². The number of cyclic esters (lactones) is 1. The van der Waals surface area contributed by atoms with Crippen molar-refractivity contribution in [1.82, 2.24) is 4.98 Å². The molecule has 0 amide bonds. The second-order valence-corrected chi connectivity index (χ2v) is 5.65. The number of aromatic nitrogens is 1. The number of carboxylic acid groups (broad SMARTS) is 1. The van der Waals surface area contributed by atoms with Gasteiger partial charge >= 0.3 is 11.9 Å². The molecule has 0 aliphatic carbocycles. The highest BCUT2D eigenvalue weighted by molar-refractivity contribution is 6.00. The lowest BCUT2D eigenvalue weighted by Gasteiger charge is -2.24. The lowest BCUT2D eigenvalue weighted by molar-refractivity contribution is -0.138. The number of nitrogens with zero attached hydrogens (tertiary/aromatic N) is 2. The van der Waals surface area contributed by atoms with Gasteiger partial charge in [0.05, 0.1) is 0 Å². The Hall–Kier alpha value is -2.11. The molecule has 6 nitrogen and oxygen atoms in total. The minimum absolute atomic E-state index is 0.408. The lowest BCUT2D eigenvalue weighted by atomic mass is 9.97. The quantitative estimate of drug-likeness (QED) is 0.825. The molecule has 0 unspecified atom stereocenters. The monoisotopic (exact) mass is 276 g/mol. The Kier molecular flexibility index (Phi) is 2.70. The second kappa shape index (κ2) is 4.19. The summed E-state index contributed by atoms with van der Waals surface area (Å²) in [6.45, 7) is 4.23. The van der Waals surface area contributed by atoms with Crippen molar-refractivity contribution in [2.45, 2.75) is 38.3 Å².